The molecule has 0 bridgehead atoms. The smallest absolute Gasteiger partial charge is 0.183 e. The Morgan fingerprint density at radius 2 is 2.20 bits per heavy atom. The summed E-state index contributed by atoms with van der Waals surface area (Å²) in [6, 6.07) is 8.08. The van der Waals surface area contributed by atoms with E-state index in [2.05, 4.69) is 20.9 Å². The molecule has 1 aromatic heterocycles. The van der Waals surface area contributed by atoms with Gasteiger partial charge in [-0.3, -0.25) is 4.79 Å². The molecular weight excluding hydrogens is 389 g/mol. The van der Waals surface area contributed by atoms with Gasteiger partial charge in [-0.15, -0.1) is 0 Å². The predicted molar refractivity (Wildman–Crippen MR) is 96.4 cm³/mol. The molecule has 0 spiro atoms. The van der Waals surface area contributed by atoms with Crippen molar-refractivity contribution in [1.82, 2.24) is 4.98 Å². The molecule has 0 saturated carbocycles. The van der Waals surface area contributed by atoms with Crippen molar-refractivity contribution >= 4 is 32.6 Å². The van der Waals surface area contributed by atoms with Crippen LogP contribution in [0.4, 0.5) is 4.39 Å². The third-order valence-electron chi connectivity index (χ3n) is 4.46. The van der Waals surface area contributed by atoms with Crippen molar-refractivity contribution in [3.63, 3.8) is 0 Å². The summed E-state index contributed by atoms with van der Waals surface area (Å²) in [6.45, 7) is 0.666. The Morgan fingerprint density at radius 3 is 3.00 bits per heavy atom. The van der Waals surface area contributed by atoms with Crippen LogP contribution in [0, 0.1) is 5.82 Å². The maximum Gasteiger partial charge on any atom is 0.183 e. The molecule has 1 aliphatic heterocycles. The molecular formula is C19H15BrFNO3. The first-order chi connectivity index (χ1) is 12.1. The van der Waals surface area contributed by atoms with Crippen LogP contribution >= 0.6 is 15.9 Å². The average Bonchev–Trinajstić information content (AvgIpc) is 3.24. The highest BCUT2D eigenvalue weighted by Gasteiger charge is 2.26. The summed E-state index contributed by atoms with van der Waals surface area (Å²) >= 11 is 3.45. The van der Waals surface area contributed by atoms with Gasteiger partial charge in [0.2, 0.25) is 0 Å². The van der Waals surface area contributed by atoms with Gasteiger partial charge in [0.05, 0.1) is 13.7 Å². The van der Waals surface area contributed by atoms with Crippen LogP contribution in [0.1, 0.15) is 26.3 Å². The molecule has 1 aliphatic rings. The summed E-state index contributed by atoms with van der Waals surface area (Å²) < 4.78 is 24.2. The minimum Gasteiger partial charge on any atom is -0.496 e. The number of halogens is 2. The van der Waals surface area contributed by atoms with E-state index in [0.29, 0.717) is 23.5 Å². The normalized spacial score (nSPS) is 14.2. The number of aromatic amines is 1. The van der Waals surface area contributed by atoms with E-state index in [9.17, 15) is 9.18 Å². The van der Waals surface area contributed by atoms with Gasteiger partial charge in [0, 0.05) is 46.8 Å². The van der Waals surface area contributed by atoms with Gasteiger partial charge in [0.15, 0.2) is 5.78 Å². The Hall–Kier alpha value is -2.34. The number of benzene rings is 2. The van der Waals surface area contributed by atoms with E-state index in [-0.39, 0.29) is 5.78 Å². The molecule has 0 aliphatic carbocycles. The van der Waals surface area contributed by atoms with E-state index in [0.717, 1.165) is 28.6 Å². The second-order valence-corrected chi connectivity index (χ2v) is 6.84. The van der Waals surface area contributed by atoms with Crippen LogP contribution < -0.4 is 9.47 Å². The van der Waals surface area contributed by atoms with Gasteiger partial charge in [-0.1, -0.05) is 22.0 Å². The predicted octanol–water partition coefficient (Wildman–Crippen LogP) is 4.57. The van der Waals surface area contributed by atoms with Crippen LogP contribution in [0.25, 0.3) is 10.9 Å². The summed E-state index contributed by atoms with van der Waals surface area (Å²) in [6.07, 6.45) is 2.54. The number of nitrogens with one attached hydrogen (secondary N) is 1. The van der Waals surface area contributed by atoms with Crippen molar-refractivity contribution in [1.29, 1.82) is 0 Å². The molecule has 0 radical (unpaired) electrons. The van der Waals surface area contributed by atoms with Crippen molar-refractivity contribution in [3.05, 3.63) is 59.0 Å². The summed E-state index contributed by atoms with van der Waals surface area (Å²) in [4.78, 5) is 15.5. The summed E-state index contributed by atoms with van der Waals surface area (Å²) in [5, 5.41) is 0.861. The van der Waals surface area contributed by atoms with Gasteiger partial charge in [0.25, 0.3) is 0 Å². The highest BCUT2D eigenvalue weighted by atomic mass is 79.9. The van der Waals surface area contributed by atoms with E-state index in [1.54, 1.807) is 12.3 Å². The van der Waals surface area contributed by atoms with Gasteiger partial charge in [-0.05, 0) is 17.7 Å². The number of rotatable bonds is 4. The largest absolute Gasteiger partial charge is 0.496 e. The fourth-order valence-corrected chi connectivity index (χ4v) is 3.80. The third-order valence-corrected chi connectivity index (χ3v) is 5.37. The molecule has 2 heterocycles. The van der Waals surface area contributed by atoms with Crippen LogP contribution in [-0.4, -0.2) is 24.5 Å². The van der Waals surface area contributed by atoms with Crippen LogP contribution in [0.3, 0.4) is 0 Å². The van der Waals surface area contributed by atoms with Gasteiger partial charge in [0.1, 0.15) is 22.1 Å². The van der Waals surface area contributed by atoms with Crippen molar-refractivity contribution in [2.75, 3.05) is 13.7 Å². The number of fused-ring (bicyclic) bond motifs is 2. The van der Waals surface area contributed by atoms with Gasteiger partial charge in [-0.25, -0.2) is 4.39 Å². The van der Waals surface area contributed by atoms with Crippen molar-refractivity contribution in [2.45, 2.75) is 11.2 Å². The lowest BCUT2D eigenvalue weighted by Crippen LogP contribution is -2.08. The van der Waals surface area contributed by atoms with Crippen LogP contribution in [0.5, 0.6) is 11.5 Å². The second kappa shape index (κ2) is 6.19. The molecule has 1 atom stereocenters. The van der Waals surface area contributed by atoms with Gasteiger partial charge < -0.3 is 14.5 Å². The van der Waals surface area contributed by atoms with Crippen LogP contribution in [0.2, 0.25) is 0 Å². The Bertz CT molecular complexity index is 982. The Kier molecular flexibility index (Phi) is 4.00. The topological polar surface area (TPSA) is 51.3 Å². The molecule has 4 nitrogen and oxygen atoms in total. The molecule has 1 unspecified atom stereocenters. The molecule has 0 fully saturated rings. The van der Waals surface area contributed by atoms with E-state index >= 15 is 0 Å². The van der Waals surface area contributed by atoms with Crippen molar-refractivity contribution in [3.8, 4) is 11.5 Å². The lowest BCUT2D eigenvalue weighted by atomic mass is 10.00. The van der Waals surface area contributed by atoms with E-state index in [1.807, 2.05) is 12.1 Å². The summed E-state index contributed by atoms with van der Waals surface area (Å²) in [5.74, 6) is 0.679. The number of hydrogen-bond donors (Lipinski definition) is 1. The SMILES string of the molecule is COc1cc(F)ccc1C(Br)C(=O)c1c[nH]c2cc3c(cc12)CCO3. The number of carbonyl (C=O) groups excluding carboxylic acids is 1. The number of alkyl halides is 1. The quantitative estimate of drug-likeness (QED) is 0.512. The molecule has 0 saturated heterocycles. The number of ether oxygens (including phenoxy) is 2. The lowest BCUT2D eigenvalue weighted by molar-refractivity contribution is 0.0992. The molecule has 1 N–H and O–H groups in total. The third kappa shape index (κ3) is 2.70. The van der Waals surface area contributed by atoms with E-state index < -0.39 is 10.6 Å². The standard InChI is InChI=1S/C19H15BrFNO3/c1-24-17-7-11(21)2-3-12(17)18(20)19(23)14-9-22-15-8-16-10(4-5-25-16)6-13(14)15/h2-3,6-9,18,22H,4-5H2,1H3. The number of Topliss-reactive ketones (excluding diaryl/α,β-unsaturated/α-hetero) is 1. The second-order valence-electron chi connectivity index (χ2n) is 5.92. The first-order valence-electron chi connectivity index (χ1n) is 7.87. The number of aromatic nitrogens is 1. The number of ketones is 1. The molecule has 6 heteroatoms. The highest BCUT2D eigenvalue weighted by molar-refractivity contribution is 9.09. The number of H-pyrrole nitrogens is 1. The van der Waals surface area contributed by atoms with Crippen LogP contribution in [0.15, 0.2) is 36.5 Å². The minimum absolute atomic E-state index is 0.116. The summed E-state index contributed by atoms with van der Waals surface area (Å²) in [5.41, 5.74) is 3.13. The van der Waals surface area contributed by atoms with Crippen molar-refractivity contribution in [2.24, 2.45) is 0 Å². The lowest BCUT2D eigenvalue weighted by Gasteiger charge is -2.13. The molecule has 25 heavy (non-hydrogen) atoms. The molecule has 128 valence electrons. The number of carbonyl (C=O) groups is 1. The monoisotopic (exact) mass is 403 g/mol. The first kappa shape index (κ1) is 16.1. The fourth-order valence-electron chi connectivity index (χ4n) is 3.17. The Morgan fingerprint density at radius 1 is 1.36 bits per heavy atom. The highest BCUT2D eigenvalue weighted by Crippen LogP contribution is 2.37. The summed E-state index contributed by atoms with van der Waals surface area (Å²) in [7, 11) is 1.46. The minimum atomic E-state index is -0.633. The average molecular weight is 404 g/mol. The van der Waals surface area contributed by atoms with E-state index in [4.69, 9.17) is 9.47 Å². The Labute approximate surface area is 152 Å². The zero-order valence-electron chi connectivity index (χ0n) is 13.4. The van der Waals surface area contributed by atoms with Gasteiger partial charge in [-0.2, -0.15) is 0 Å². The van der Waals surface area contributed by atoms with Crippen LogP contribution in [-0.2, 0) is 6.42 Å². The first-order valence-corrected chi connectivity index (χ1v) is 8.78. The van der Waals surface area contributed by atoms with Gasteiger partial charge >= 0.3 is 0 Å². The maximum absolute atomic E-state index is 13.4. The number of methoxy groups -OCH3 is 1. The number of hydrogen-bond acceptors (Lipinski definition) is 3. The zero-order valence-corrected chi connectivity index (χ0v) is 15.0. The maximum atomic E-state index is 13.4. The molecule has 3 aromatic rings. The fraction of sp³-hybridized carbons (Fsp3) is 0.211. The van der Waals surface area contributed by atoms with Crippen molar-refractivity contribution < 1.29 is 18.7 Å². The van der Waals surface area contributed by atoms with E-state index in [1.165, 1.54) is 19.2 Å². The Balaban J connectivity index is 1.75. The molecule has 0 amide bonds. The molecule has 4 rings (SSSR count). The molecule has 2 aromatic carbocycles. The zero-order chi connectivity index (χ0) is 17.6.